The van der Waals surface area contributed by atoms with Crippen molar-refractivity contribution in [2.24, 2.45) is 5.92 Å². The SMILES string of the molecule is O=S(=O)(NC1CCC(CO)CC1)c1cc(F)ccc1F. The third kappa shape index (κ3) is 3.53. The number of aliphatic hydroxyl groups excluding tert-OH is 1. The highest BCUT2D eigenvalue weighted by molar-refractivity contribution is 7.89. The average molecular weight is 305 g/mol. The summed E-state index contributed by atoms with van der Waals surface area (Å²) in [4.78, 5) is -0.665. The maximum absolute atomic E-state index is 13.5. The highest BCUT2D eigenvalue weighted by atomic mass is 32.2. The average Bonchev–Trinajstić information content (AvgIpc) is 2.42. The van der Waals surface area contributed by atoms with Crippen molar-refractivity contribution in [1.82, 2.24) is 4.72 Å². The van der Waals surface area contributed by atoms with Crippen molar-refractivity contribution in [3.8, 4) is 0 Å². The molecule has 7 heteroatoms. The van der Waals surface area contributed by atoms with E-state index in [1.54, 1.807) is 0 Å². The van der Waals surface area contributed by atoms with Gasteiger partial charge in [-0.2, -0.15) is 0 Å². The molecule has 2 N–H and O–H groups in total. The zero-order valence-corrected chi connectivity index (χ0v) is 11.7. The quantitative estimate of drug-likeness (QED) is 0.891. The molecule has 1 fully saturated rings. The molecule has 1 aromatic carbocycles. The topological polar surface area (TPSA) is 66.4 Å². The van der Waals surface area contributed by atoms with Gasteiger partial charge in [-0.15, -0.1) is 0 Å². The van der Waals surface area contributed by atoms with Crippen molar-refractivity contribution in [1.29, 1.82) is 0 Å². The minimum atomic E-state index is -4.06. The summed E-state index contributed by atoms with van der Waals surface area (Å²) in [6.45, 7) is 0.0952. The highest BCUT2D eigenvalue weighted by Crippen LogP contribution is 2.25. The Morgan fingerprint density at radius 2 is 1.85 bits per heavy atom. The van der Waals surface area contributed by atoms with Crippen LogP contribution in [-0.2, 0) is 10.0 Å². The first kappa shape index (κ1) is 15.3. The van der Waals surface area contributed by atoms with Gasteiger partial charge in [0.1, 0.15) is 16.5 Å². The molecule has 4 nitrogen and oxygen atoms in total. The van der Waals surface area contributed by atoms with Crippen LogP contribution in [0.15, 0.2) is 23.1 Å². The summed E-state index contributed by atoms with van der Waals surface area (Å²) in [6, 6.07) is 2.05. The Hall–Kier alpha value is -1.05. The molecule has 0 heterocycles. The summed E-state index contributed by atoms with van der Waals surface area (Å²) in [6.07, 6.45) is 2.60. The first-order chi connectivity index (χ1) is 9.42. The molecule has 0 amide bonds. The van der Waals surface area contributed by atoms with Gasteiger partial charge in [0.05, 0.1) is 0 Å². The predicted molar refractivity (Wildman–Crippen MR) is 69.5 cm³/mol. The van der Waals surface area contributed by atoms with E-state index in [2.05, 4.69) is 4.72 Å². The third-order valence-corrected chi connectivity index (χ3v) is 5.15. The summed E-state index contributed by atoms with van der Waals surface area (Å²) in [5.74, 6) is -1.57. The lowest BCUT2D eigenvalue weighted by Gasteiger charge is -2.27. The van der Waals surface area contributed by atoms with Crippen LogP contribution in [0.1, 0.15) is 25.7 Å². The van der Waals surface area contributed by atoms with E-state index < -0.39 is 26.6 Å². The number of rotatable bonds is 4. The summed E-state index contributed by atoms with van der Waals surface area (Å²) in [7, 11) is -4.06. The van der Waals surface area contributed by atoms with Crippen molar-refractivity contribution in [2.75, 3.05) is 6.61 Å². The van der Waals surface area contributed by atoms with Gasteiger partial charge in [0.15, 0.2) is 0 Å². The normalized spacial score (nSPS) is 23.8. The Kier molecular flexibility index (Phi) is 4.72. The highest BCUT2D eigenvalue weighted by Gasteiger charge is 2.27. The van der Waals surface area contributed by atoms with Gasteiger partial charge in [0.2, 0.25) is 10.0 Å². The largest absolute Gasteiger partial charge is 0.396 e. The molecule has 20 heavy (non-hydrogen) atoms. The standard InChI is InChI=1S/C13H17F2NO3S/c14-10-3-6-12(15)13(7-10)20(18,19)16-11-4-1-9(8-17)2-5-11/h3,6-7,9,11,16-17H,1-2,4-5,8H2. The summed E-state index contributed by atoms with van der Waals surface area (Å²) >= 11 is 0. The molecule has 112 valence electrons. The molecule has 0 spiro atoms. The second kappa shape index (κ2) is 6.15. The Morgan fingerprint density at radius 3 is 2.45 bits per heavy atom. The van der Waals surface area contributed by atoms with Gasteiger partial charge in [0.25, 0.3) is 0 Å². The van der Waals surface area contributed by atoms with Crippen LogP contribution in [0.3, 0.4) is 0 Å². The molecular formula is C13H17F2NO3S. The zero-order chi connectivity index (χ0) is 14.8. The van der Waals surface area contributed by atoms with Gasteiger partial charge in [-0.05, 0) is 49.8 Å². The minimum absolute atomic E-state index is 0.0952. The Labute approximate surface area is 116 Å². The number of hydrogen-bond donors (Lipinski definition) is 2. The Bertz CT molecular complexity index is 569. The number of hydrogen-bond acceptors (Lipinski definition) is 3. The van der Waals surface area contributed by atoms with Crippen LogP contribution in [0.5, 0.6) is 0 Å². The van der Waals surface area contributed by atoms with Crippen LogP contribution in [0.4, 0.5) is 8.78 Å². The fraction of sp³-hybridized carbons (Fsp3) is 0.538. The number of aliphatic hydroxyl groups is 1. The first-order valence-electron chi connectivity index (χ1n) is 6.50. The molecular weight excluding hydrogens is 288 g/mol. The number of sulfonamides is 1. The van der Waals surface area contributed by atoms with E-state index in [1.807, 2.05) is 0 Å². The van der Waals surface area contributed by atoms with E-state index in [-0.39, 0.29) is 18.6 Å². The van der Waals surface area contributed by atoms with E-state index in [0.29, 0.717) is 18.9 Å². The van der Waals surface area contributed by atoms with E-state index >= 15 is 0 Å². The molecule has 0 aliphatic heterocycles. The molecule has 0 aromatic heterocycles. The minimum Gasteiger partial charge on any atom is -0.396 e. The van der Waals surface area contributed by atoms with E-state index in [9.17, 15) is 17.2 Å². The lowest BCUT2D eigenvalue weighted by atomic mass is 9.87. The molecule has 0 unspecified atom stereocenters. The van der Waals surface area contributed by atoms with Crippen molar-refractivity contribution in [3.63, 3.8) is 0 Å². The van der Waals surface area contributed by atoms with Crippen molar-refractivity contribution >= 4 is 10.0 Å². The van der Waals surface area contributed by atoms with Gasteiger partial charge in [0, 0.05) is 12.6 Å². The lowest BCUT2D eigenvalue weighted by molar-refractivity contribution is 0.180. The maximum Gasteiger partial charge on any atom is 0.243 e. The summed E-state index contributed by atoms with van der Waals surface area (Å²) in [5.41, 5.74) is 0. The smallest absolute Gasteiger partial charge is 0.243 e. The van der Waals surface area contributed by atoms with Gasteiger partial charge in [-0.1, -0.05) is 0 Å². The van der Waals surface area contributed by atoms with Crippen molar-refractivity contribution in [2.45, 2.75) is 36.6 Å². The van der Waals surface area contributed by atoms with E-state index in [4.69, 9.17) is 5.11 Å². The molecule has 0 atom stereocenters. The monoisotopic (exact) mass is 305 g/mol. The molecule has 0 bridgehead atoms. The van der Waals surface area contributed by atoms with E-state index in [0.717, 1.165) is 25.0 Å². The lowest BCUT2D eigenvalue weighted by Crippen LogP contribution is -2.38. The van der Waals surface area contributed by atoms with Gasteiger partial charge in [-0.3, -0.25) is 0 Å². The second-order valence-electron chi connectivity index (χ2n) is 5.10. The van der Waals surface area contributed by atoms with Crippen LogP contribution >= 0.6 is 0 Å². The third-order valence-electron chi connectivity index (χ3n) is 3.61. The van der Waals surface area contributed by atoms with Crippen LogP contribution in [0.25, 0.3) is 0 Å². The molecule has 0 saturated heterocycles. The first-order valence-corrected chi connectivity index (χ1v) is 7.99. The Balaban J connectivity index is 2.10. The van der Waals surface area contributed by atoms with Crippen molar-refractivity contribution in [3.05, 3.63) is 29.8 Å². The maximum atomic E-state index is 13.5. The fourth-order valence-corrected chi connectivity index (χ4v) is 3.82. The van der Waals surface area contributed by atoms with Crippen LogP contribution in [0, 0.1) is 17.6 Å². The number of halogens is 2. The molecule has 1 saturated carbocycles. The predicted octanol–water partition coefficient (Wildman–Crippen LogP) is 1.79. The van der Waals surface area contributed by atoms with Crippen LogP contribution in [0.2, 0.25) is 0 Å². The summed E-state index contributed by atoms with van der Waals surface area (Å²) < 4.78 is 53.1. The summed E-state index contributed by atoms with van der Waals surface area (Å²) in [5, 5.41) is 9.02. The number of nitrogens with one attached hydrogen (secondary N) is 1. The fourth-order valence-electron chi connectivity index (χ4n) is 2.43. The van der Waals surface area contributed by atoms with Gasteiger partial charge in [-0.25, -0.2) is 21.9 Å². The van der Waals surface area contributed by atoms with Crippen LogP contribution < -0.4 is 4.72 Å². The molecule has 2 rings (SSSR count). The van der Waals surface area contributed by atoms with Gasteiger partial charge >= 0.3 is 0 Å². The Morgan fingerprint density at radius 1 is 1.20 bits per heavy atom. The molecule has 1 aromatic rings. The number of benzene rings is 1. The molecule has 1 aliphatic rings. The molecule has 1 aliphatic carbocycles. The molecule has 0 radical (unpaired) electrons. The van der Waals surface area contributed by atoms with Crippen molar-refractivity contribution < 1.29 is 22.3 Å². The van der Waals surface area contributed by atoms with E-state index in [1.165, 1.54) is 0 Å². The van der Waals surface area contributed by atoms with Crippen LogP contribution in [-0.4, -0.2) is 26.2 Å². The second-order valence-corrected chi connectivity index (χ2v) is 6.78. The van der Waals surface area contributed by atoms with Gasteiger partial charge < -0.3 is 5.11 Å². The zero-order valence-electron chi connectivity index (χ0n) is 10.9.